The zero-order valence-electron chi connectivity index (χ0n) is 45.2. The maximum atomic E-state index is 14.2. The third kappa shape index (κ3) is 25.1. The van der Waals surface area contributed by atoms with Gasteiger partial charge in [-0.1, -0.05) is 41.5 Å². The minimum Gasteiger partial charge on any atom is -0.480 e. The highest BCUT2D eigenvalue weighted by molar-refractivity contribution is 5.98. The van der Waals surface area contributed by atoms with Crippen LogP contribution in [-0.2, 0) is 47.9 Å². The first-order valence-electron chi connectivity index (χ1n) is 25.6. The number of aliphatic imine (C=N–C) groups is 2. The first-order chi connectivity index (χ1) is 35.5. The molecule has 0 aromatic rings. The minimum atomic E-state index is -1.77. The van der Waals surface area contributed by atoms with Gasteiger partial charge in [0.05, 0.1) is 18.8 Å². The number of hydrogen-bond donors (Lipinski definition) is 17. The van der Waals surface area contributed by atoms with Gasteiger partial charge in [0.2, 0.25) is 53.2 Å². The Kier molecular flexibility index (Phi) is 30.0. The van der Waals surface area contributed by atoms with Crippen molar-refractivity contribution in [2.45, 2.75) is 180 Å². The van der Waals surface area contributed by atoms with Crippen molar-refractivity contribution in [2.24, 2.45) is 50.7 Å². The van der Waals surface area contributed by atoms with E-state index in [1.807, 2.05) is 13.8 Å². The Balaban J connectivity index is 3.43. The Hall–Kier alpha value is -6.88. The third-order valence-electron chi connectivity index (χ3n) is 11.8. The van der Waals surface area contributed by atoms with Crippen LogP contribution in [0.2, 0.25) is 0 Å². The molecule has 29 nitrogen and oxygen atoms in total. The zero-order valence-corrected chi connectivity index (χ0v) is 45.2. The van der Waals surface area contributed by atoms with Crippen LogP contribution in [-0.4, -0.2) is 179 Å². The first-order valence-corrected chi connectivity index (χ1v) is 25.6. The van der Waals surface area contributed by atoms with Gasteiger partial charge in [0.1, 0.15) is 54.4 Å². The molecular formula is C47H86N16O13. The summed E-state index contributed by atoms with van der Waals surface area (Å²) in [6.07, 6.45) is 0.00803. The van der Waals surface area contributed by atoms with Crippen LogP contribution in [0.4, 0.5) is 0 Å². The monoisotopic (exact) mass is 1080 g/mol. The molecule has 1 heterocycles. The molecule has 1 aliphatic rings. The van der Waals surface area contributed by atoms with Crippen LogP contribution in [0.3, 0.4) is 0 Å². The second kappa shape index (κ2) is 33.9. The number of aliphatic carboxylic acids is 1. The Morgan fingerprint density at radius 2 is 0.934 bits per heavy atom. The molecular weight excluding hydrogens is 997 g/mol. The molecule has 0 saturated carbocycles. The van der Waals surface area contributed by atoms with Gasteiger partial charge in [-0.3, -0.25) is 57.9 Å². The number of carboxylic acids is 1. The summed E-state index contributed by atoms with van der Waals surface area (Å²) in [5, 5.41) is 55.8. The van der Waals surface area contributed by atoms with Crippen LogP contribution >= 0.6 is 0 Å². The Morgan fingerprint density at radius 3 is 1.36 bits per heavy atom. The van der Waals surface area contributed by atoms with Gasteiger partial charge in [-0.25, -0.2) is 0 Å². The highest BCUT2D eigenvalue weighted by Gasteiger charge is 2.37. The second-order valence-corrected chi connectivity index (χ2v) is 20.1. The molecule has 21 N–H and O–H groups in total. The van der Waals surface area contributed by atoms with Crippen molar-refractivity contribution in [1.82, 2.24) is 53.2 Å². The van der Waals surface area contributed by atoms with E-state index in [1.165, 1.54) is 20.8 Å². The molecule has 9 amide bonds. The number of hydrogen-bond acceptors (Lipinski definition) is 15. The largest absolute Gasteiger partial charge is 0.480 e. The van der Waals surface area contributed by atoms with E-state index in [-0.39, 0.29) is 81.3 Å². The molecule has 432 valence electrons. The minimum absolute atomic E-state index is 0.00505. The number of aliphatic hydroxyl groups excluding tert-OH is 2. The number of nitrogens with zero attached hydrogens (tertiary/aromatic N) is 2. The van der Waals surface area contributed by atoms with Crippen molar-refractivity contribution < 1.29 is 63.3 Å². The van der Waals surface area contributed by atoms with Gasteiger partial charge in [-0.05, 0) is 96.4 Å². The van der Waals surface area contributed by atoms with Crippen LogP contribution in [0.25, 0.3) is 0 Å². The van der Waals surface area contributed by atoms with E-state index in [4.69, 9.17) is 28.0 Å². The molecule has 0 aromatic heterocycles. The van der Waals surface area contributed by atoms with Gasteiger partial charge in [-0.2, -0.15) is 0 Å². The molecule has 11 atom stereocenters. The van der Waals surface area contributed by atoms with Crippen LogP contribution in [0.15, 0.2) is 9.98 Å². The Bertz CT molecular complexity index is 2020. The smallest absolute Gasteiger partial charge is 0.325 e. The van der Waals surface area contributed by atoms with Gasteiger partial charge >= 0.3 is 5.97 Å². The zero-order chi connectivity index (χ0) is 58.0. The van der Waals surface area contributed by atoms with Gasteiger partial charge in [-0.15, -0.1) is 0 Å². The fraction of sp³-hybridized carbons (Fsp3) is 0.745. The lowest BCUT2D eigenvalue weighted by molar-refractivity contribution is -0.141. The number of aliphatic hydroxyl groups is 2. The molecule has 1 fully saturated rings. The molecule has 1 saturated heterocycles. The van der Waals surface area contributed by atoms with Crippen molar-refractivity contribution in [1.29, 1.82) is 0 Å². The standard InChI is InChI=1S/C47H86N16O13/c1-22(2)19-31(59-37(67)28-13-10-16-52-28)40(70)58-29(14-11-17-53-46(48)49)38(68)57-30(15-12-18-54-47(50)51)39(69)63-35(27(9)65)44(74)60-32(20-23(3)4)41(71)61-33(21-64)42(72)62-34(24(5)6)43(73)55-25(7)36(66)56-26(8)45(75)76/h22-35,52,64-65H,10-21H2,1-9H3,(H,55,73)(H,56,66)(H,57,68)(H,58,70)(H,59,67)(H,60,74)(H,61,71)(H,62,72)(H,63,69)(H,75,76)(H4,48,49,53)(H4,50,51,54)/t25-,26-,27?,28-,29-,30-,31-,32-,33-,34-,35-/m0/s1. The number of guanidine groups is 2. The normalized spacial score (nSPS) is 17.1. The third-order valence-corrected chi connectivity index (χ3v) is 11.8. The van der Waals surface area contributed by atoms with Gasteiger partial charge < -0.3 is 91.4 Å². The maximum Gasteiger partial charge on any atom is 0.325 e. The number of nitrogens with one attached hydrogen (secondary N) is 10. The van der Waals surface area contributed by atoms with E-state index in [9.17, 15) is 58.2 Å². The lowest BCUT2D eigenvalue weighted by Crippen LogP contribution is -2.62. The summed E-state index contributed by atoms with van der Waals surface area (Å²) in [7, 11) is 0. The molecule has 0 radical (unpaired) electrons. The summed E-state index contributed by atoms with van der Waals surface area (Å²) < 4.78 is 0. The number of nitrogens with two attached hydrogens (primary N) is 4. The summed E-state index contributed by atoms with van der Waals surface area (Å²) in [5.41, 5.74) is 22.0. The predicted octanol–water partition coefficient (Wildman–Crippen LogP) is -5.55. The summed E-state index contributed by atoms with van der Waals surface area (Å²) >= 11 is 0. The topological polar surface area (TPSA) is 480 Å². The van der Waals surface area contributed by atoms with Crippen LogP contribution < -0.4 is 76.1 Å². The van der Waals surface area contributed by atoms with E-state index in [1.54, 1.807) is 27.7 Å². The molecule has 1 aliphatic heterocycles. The summed E-state index contributed by atoms with van der Waals surface area (Å²) in [6, 6.07) is -13.0. The molecule has 0 bridgehead atoms. The van der Waals surface area contributed by atoms with E-state index in [2.05, 4.69) is 63.2 Å². The molecule has 0 aromatic carbocycles. The first kappa shape index (κ1) is 67.1. The molecule has 0 spiro atoms. The molecule has 0 aliphatic carbocycles. The van der Waals surface area contributed by atoms with Gasteiger partial charge in [0.15, 0.2) is 11.9 Å². The lowest BCUT2D eigenvalue weighted by Gasteiger charge is -2.29. The number of carbonyl (C=O) groups is 10. The quantitative estimate of drug-likeness (QED) is 0.0162. The molecule has 1 rings (SSSR count). The summed E-state index contributed by atoms with van der Waals surface area (Å²) in [4.78, 5) is 141. The highest BCUT2D eigenvalue weighted by Crippen LogP contribution is 2.13. The van der Waals surface area contributed by atoms with Crippen LogP contribution in [0, 0.1) is 17.8 Å². The molecule has 1 unspecified atom stereocenters. The van der Waals surface area contributed by atoms with Crippen molar-refractivity contribution >= 4 is 71.1 Å². The van der Waals surface area contributed by atoms with E-state index in [0.29, 0.717) is 13.0 Å². The summed E-state index contributed by atoms with van der Waals surface area (Å²) in [6.45, 7) is 13.7. The van der Waals surface area contributed by atoms with E-state index >= 15 is 0 Å². The van der Waals surface area contributed by atoms with Crippen molar-refractivity contribution in [2.75, 3.05) is 26.2 Å². The number of carboxylic acid groups (broad SMARTS) is 1. The average molecular weight is 1080 g/mol. The van der Waals surface area contributed by atoms with Crippen molar-refractivity contribution in [3.63, 3.8) is 0 Å². The van der Waals surface area contributed by atoms with E-state index in [0.717, 1.165) is 6.42 Å². The number of carbonyl (C=O) groups excluding carboxylic acids is 9. The van der Waals surface area contributed by atoms with Crippen molar-refractivity contribution in [3.05, 3.63) is 0 Å². The lowest BCUT2D eigenvalue weighted by atomic mass is 10.0. The van der Waals surface area contributed by atoms with Crippen molar-refractivity contribution in [3.8, 4) is 0 Å². The van der Waals surface area contributed by atoms with Crippen LogP contribution in [0.1, 0.15) is 114 Å². The Labute approximate surface area is 443 Å². The average Bonchev–Trinajstić information content (AvgIpc) is 3.87. The van der Waals surface area contributed by atoms with Crippen LogP contribution in [0.5, 0.6) is 0 Å². The predicted molar refractivity (Wildman–Crippen MR) is 280 cm³/mol. The second-order valence-electron chi connectivity index (χ2n) is 20.1. The highest BCUT2D eigenvalue weighted by atomic mass is 16.4. The SMILES string of the molecule is CC(C)C[C@H](NC(=O)[C@@H]1CCCN1)C(=O)N[C@@H](CCCN=C(N)N)C(=O)N[C@@H](CCCN=C(N)N)C(=O)N[C@H](C(=O)N[C@@H](CC(C)C)C(=O)N[C@@H](CO)C(=O)N[C@H](C(=O)N[C@@H](C)C(=O)N[C@@H](C)C(=O)O)C(C)C)C(C)O. The fourth-order valence-corrected chi connectivity index (χ4v) is 7.62. The van der Waals surface area contributed by atoms with E-state index < -0.39 is 132 Å². The van der Waals surface area contributed by atoms with Gasteiger partial charge in [0.25, 0.3) is 0 Å². The number of amides is 9. The maximum absolute atomic E-state index is 14.2. The number of rotatable bonds is 34. The molecule has 76 heavy (non-hydrogen) atoms. The van der Waals surface area contributed by atoms with Gasteiger partial charge in [0, 0.05) is 13.1 Å². The summed E-state index contributed by atoms with van der Waals surface area (Å²) in [5.74, 6) is -10.3. The molecule has 29 heteroatoms. The Morgan fingerprint density at radius 1 is 0.526 bits per heavy atom. The fourth-order valence-electron chi connectivity index (χ4n) is 7.62.